The molecule has 1 aliphatic carbocycles. The largest absolute Gasteiger partial charge is 0.331 e. The lowest BCUT2D eigenvalue weighted by atomic mass is 9.72. The van der Waals surface area contributed by atoms with Gasteiger partial charge < -0.3 is 9.80 Å². The highest BCUT2D eigenvalue weighted by molar-refractivity contribution is 8.00. The maximum atomic E-state index is 10.7. The molecule has 6 aromatic carbocycles. The summed E-state index contributed by atoms with van der Waals surface area (Å²) in [5.41, 5.74) is 10.2. The molecule has 0 fully saturated rings. The first-order chi connectivity index (χ1) is 23.0. The van der Waals surface area contributed by atoms with Gasteiger partial charge in [-0.3, -0.25) is 0 Å². The molecule has 9 rings (SSSR count). The fourth-order valence-corrected chi connectivity index (χ4v) is 9.41. The average molecular weight is 644 g/mol. The number of halogens is 1. The highest BCUT2D eigenvalue weighted by Crippen LogP contribution is 2.58. The first-order valence-electron chi connectivity index (χ1n) is 15.9. The Hall–Kier alpha value is -4.95. The van der Waals surface area contributed by atoms with Crippen LogP contribution in [0.25, 0.3) is 16.8 Å². The van der Waals surface area contributed by atoms with Crippen LogP contribution < -0.4 is 9.80 Å². The highest BCUT2D eigenvalue weighted by Gasteiger charge is 2.41. The van der Waals surface area contributed by atoms with Gasteiger partial charge in [0, 0.05) is 21.4 Å². The van der Waals surface area contributed by atoms with Gasteiger partial charge in [-0.2, -0.15) is 5.26 Å². The van der Waals surface area contributed by atoms with Crippen LogP contribution >= 0.6 is 23.4 Å². The molecule has 0 amide bonds. The topological polar surface area (TPSA) is 30.3 Å². The minimum Gasteiger partial charge on any atom is -0.331 e. The van der Waals surface area contributed by atoms with Crippen molar-refractivity contribution in [2.24, 2.45) is 0 Å². The number of hydrogen-bond acceptors (Lipinski definition) is 4. The van der Waals surface area contributed by atoms with Crippen LogP contribution in [0.5, 0.6) is 0 Å². The van der Waals surface area contributed by atoms with Crippen molar-refractivity contribution < 1.29 is 0 Å². The summed E-state index contributed by atoms with van der Waals surface area (Å²) in [6.45, 7) is 4.59. The minimum absolute atomic E-state index is 0.0497. The fourth-order valence-electron chi connectivity index (χ4n) is 7.87. The molecule has 0 bridgehead atoms. The molecule has 0 spiro atoms. The number of anilines is 5. The van der Waals surface area contributed by atoms with Crippen LogP contribution in [-0.2, 0) is 5.41 Å². The molecule has 0 N–H and O–H groups in total. The van der Waals surface area contributed by atoms with Gasteiger partial charge in [0.2, 0.25) is 0 Å². The molecule has 3 aliphatic rings. The molecule has 5 heteroatoms. The normalized spacial score (nSPS) is 18.4. The predicted molar refractivity (Wildman–Crippen MR) is 197 cm³/mol. The van der Waals surface area contributed by atoms with E-state index in [1.54, 1.807) is 0 Å². The molecule has 0 radical (unpaired) electrons. The third-order valence-electron chi connectivity index (χ3n) is 10.1. The Morgan fingerprint density at radius 1 is 0.766 bits per heavy atom. The Bertz CT molecular complexity index is 2330. The standard InChI is InChI=1S/C42H30ClN3S/c1-42(2)32-15-7-8-16-35(32)46(40-29-13-5-3-11-26(29)19-21-33(40)42)37-24-28(23-34(43)31(37)25-44)45-36-17-9-10-18-38(36)47-39-22-20-27-12-4-6-14-30(27)41(39)45/h3-24,39,41H,1-2H3. The van der Waals surface area contributed by atoms with Crippen LogP contribution in [0, 0.1) is 11.3 Å². The maximum absolute atomic E-state index is 10.7. The van der Waals surface area contributed by atoms with Crippen LogP contribution in [0.15, 0.2) is 132 Å². The van der Waals surface area contributed by atoms with Crippen LogP contribution in [-0.4, -0.2) is 5.25 Å². The summed E-state index contributed by atoms with van der Waals surface area (Å²) >= 11 is 9.11. The molecule has 2 heterocycles. The van der Waals surface area contributed by atoms with E-state index in [1.807, 2.05) is 17.8 Å². The minimum atomic E-state index is -0.255. The van der Waals surface area contributed by atoms with Gasteiger partial charge >= 0.3 is 0 Å². The van der Waals surface area contributed by atoms with Gasteiger partial charge in [-0.25, -0.2) is 0 Å². The predicted octanol–water partition coefficient (Wildman–Crippen LogP) is 11.9. The average Bonchev–Trinajstić information content (AvgIpc) is 3.10. The first-order valence-corrected chi connectivity index (χ1v) is 17.2. The third-order valence-corrected chi connectivity index (χ3v) is 11.6. The van der Waals surface area contributed by atoms with Gasteiger partial charge in [0.1, 0.15) is 6.07 Å². The Balaban J connectivity index is 1.35. The zero-order chi connectivity index (χ0) is 31.9. The SMILES string of the molecule is CC1(C)c2ccccc2N(c2cc(N3c4ccccc4SC4C=Cc5ccccc5C43)cc(Cl)c2C#N)c2c1ccc1ccccc21. The number of rotatable bonds is 2. The molecule has 47 heavy (non-hydrogen) atoms. The molecule has 0 saturated carbocycles. The van der Waals surface area contributed by atoms with Gasteiger partial charge in [0.15, 0.2) is 0 Å². The molecule has 6 aromatic rings. The summed E-state index contributed by atoms with van der Waals surface area (Å²) in [5, 5.41) is 13.7. The number of nitrogens with zero attached hydrogens (tertiary/aromatic N) is 3. The van der Waals surface area contributed by atoms with E-state index in [0.717, 1.165) is 39.2 Å². The number of nitriles is 1. The van der Waals surface area contributed by atoms with Crippen LogP contribution in [0.3, 0.4) is 0 Å². The zero-order valence-corrected chi connectivity index (χ0v) is 27.6. The third kappa shape index (κ3) is 4.13. The van der Waals surface area contributed by atoms with Gasteiger partial charge in [0.05, 0.1) is 44.6 Å². The number of para-hydroxylation sites is 2. The summed E-state index contributed by atoms with van der Waals surface area (Å²) in [4.78, 5) is 5.96. The second-order valence-corrected chi connectivity index (χ2v) is 14.6. The van der Waals surface area contributed by atoms with Gasteiger partial charge in [0.25, 0.3) is 0 Å². The summed E-state index contributed by atoms with van der Waals surface area (Å²) in [5.74, 6) is 0. The zero-order valence-electron chi connectivity index (χ0n) is 26.0. The smallest absolute Gasteiger partial charge is 0.103 e. The van der Waals surface area contributed by atoms with E-state index in [9.17, 15) is 5.26 Å². The number of thioether (sulfide) groups is 1. The second-order valence-electron chi connectivity index (χ2n) is 12.9. The Morgan fingerprint density at radius 3 is 2.38 bits per heavy atom. The van der Waals surface area contributed by atoms with Crippen molar-refractivity contribution in [3.8, 4) is 6.07 Å². The van der Waals surface area contributed by atoms with Crippen LogP contribution in [0.2, 0.25) is 5.02 Å². The molecule has 0 aromatic heterocycles. The van der Waals surface area contributed by atoms with E-state index in [4.69, 9.17) is 11.6 Å². The molecular weight excluding hydrogens is 614 g/mol. The fraction of sp³-hybridized carbons (Fsp3) is 0.119. The summed E-state index contributed by atoms with van der Waals surface area (Å²) in [6.07, 6.45) is 4.58. The van der Waals surface area contributed by atoms with E-state index in [1.165, 1.54) is 27.1 Å². The lowest BCUT2D eigenvalue weighted by molar-refractivity contribution is 0.633. The molecule has 3 nitrogen and oxygen atoms in total. The monoisotopic (exact) mass is 643 g/mol. The Kier molecular flexibility index (Phi) is 6.34. The van der Waals surface area contributed by atoms with Crippen molar-refractivity contribution in [1.82, 2.24) is 0 Å². The highest BCUT2D eigenvalue weighted by atomic mass is 35.5. The first kappa shape index (κ1) is 28.3. The molecular formula is C42H30ClN3S. The van der Waals surface area contributed by atoms with E-state index in [-0.39, 0.29) is 16.7 Å². The molecule has 226 valence electrons. The van der Waals surface area contributed by atoms with Crippen molar-refractivity contribution in [2.75, 3.05) is 9.80 Å². The molecule has 2 aliphatic heterocycles. The lowest BCUT2D eigenvalue weighted by Gasteiger charge is -2.45. The summed E-state index contributed by atoms with van der Waals surface area (Å²) in [7, 11) is 0. The number of fused-ring (bicyclic) bond motifs is 8. The van der Waals surface area contributed by atoms with Gasteiger partial charge in [-0.15, -0.1) is 11.8 Å². The summed E-state index contributed by atoms with van der Waals surface area (Å²) in [6, 6.07) is 45.6. The van der Waals surface area contributed by atoms with Crippen LogP contribution in [0.4, 0.5) is 28.4 Å². The van der Waals surface area contributed by atoms with Crippen molar-refractivity contribution >= 4 is 68.6 Å². The van der Waals surface area contributed by atoms with Crippen molar-refractivity contribution in [3.63, 3.8) is 0 Å². The number of hydrogen-bond donors (Lipinski definition) is 0. The van der Waals surface area contributed by atoms with E-state index >= 15 is 0 Å². The van der Waals surface area contributed by atoms with E-state index < -0.39 is 0 Å². The van der Waals surface area contributed by atoms with Crippen LogP contribution in [0.1, 0.15) is 47.7 Å². The van der Waals surface area contributed by atoms with E-state index in [0.29, 0.717) is 10.6 Å². The van der Waals surface area contributed by atoms with Crippen molar-refractivity contribution in [2.45, 2.75) is 35.4 Å². The second kappa shape index (κ2) is 10.5. The Labute approximate surface area is 284 Å². The van der Waals surface area contributed by atoms with E-state index in [2.05, 4.69) is 157 Å². The lowest BCUT2D eigenvalue weighted by Crippen LogP contribution is -2.36. The molecule has 2 atom stereocenters. The maximum Gasteiger partial charge on any atom is 0.103 e. The Morgan fingerprint density at radius 2 is 1.51 bits per heavy atom. The quantitative estimate of drug-likeness (QED) is 0.188. The van der Waals surface area contributed by atoms with Gasteiger partial charge in [-0.05, 0) is 58.0 Å². The molecule has 2 unspecified atom stereocenters. The molecule has 0 saturated heterocycles. The number of benzene rings is 6. The summed E-state index contributed by atoms with van der Waals surface area (Å²) < 4.78 is 0. The van der Waals surface area contributed by atoms with Crippen molar-refractivity contribution in [1.29, 1.82) is 5.26 Å². The van der Waals surface area contributed by atoms with Gasteiger partial charge in [-0.1, -0.05) is 129 Å². The van der Waals surface area contributed by atoms with Crippen molar-refractivity contribution in [3.05, 3.63) is 160 Å².